The van der Waals surface area contributed by atoms with Crippen LogP contribution < -0.4 is 0 Å². The normalized spacial score (nSPS) is 11.2. The maximum atomic E-state index is 12.3. The maximum absolute atomic E-state index is 12.3. The zero-order valence-corrected chi connectivity index (χ0v) is 18.0. The fourth-order valence-corrected chi connectivity index (χ4v) is 3.09. The molecule has 6 heteroatoms. The zero-order chi connectivity index (χ0) is 22.2. The van der Waals surface area contributed by atoms with Gasteiger partial charge in [-0.05, 0) is 42.7 Å². The molecule has 0 fully saturated rings. The highest BCUT2D eigenvalue weighted by molar-refractivity contribution is 5.98. The van der Waals surface area contributed by atoms with Crippen molar-refractivity contribution in [2.45, 2.75) is 20.4 Å². The molecule has 1 aromatic heterocycles. The smallest absolute Gasteiger partial charge is 0.348 e. The Kier molecular flexibility index (Phi) is 7.36. The quantitative estimate of drug-likeness (QED) is 0.237. The largest absolute Gasteiger partial charge is 0.459 e. The van der Waals surface area contributed by atoms with E-state index in [-0.39, 0.29) is 18.8 Å². The molecule has 0 aliphatic heterocycles. The van der Waals surface area contributed by atoms with Crippen LogP contribution in [0.1, 0.15) is 22.3 Å². The van der Waals surface area contributed by atoms with E-state index in [0.717, 1.165) is 16.7 Å². The fraction of sp³-hybridized carbons (Fsp3) is 0.240. The minimum Gasteiger partial charge on any atom is -0.459 e. The molecule has 31 heavy (non-hydrogen) atoms. The molecule has 0 aliphatic rings. The number of carbonyl (C=O) groups is 1. The number of methoxy groups -OCH3 is 1. The number of nitrogens with zero attached hydrogens (tertiary/aromatic N) is 3. The maximum Gasteiger partial charge on any atom is 0.348 e. The van der Waals surface area contributed by atoms with Crippen LogP contribution in [0.4, 0.5) is 0 Å². The third kappa shape index (κ3) is 5.68. The second-order valence-corrected chi connectivity index (χ2v) is 7.21. The van der Waals surface area contributed by atoms with Crippen LogP contribution in [0.3, 0.4) is 0 Å². The molecule has 1 heterocycles. The summed E-state index contributed by atoms with van der Waals surface area (Å²) < 4.78 is 11.8. The third-order valence-electron chi connectivity index (χ3n) is 4.92. The first kappa shape index (κ1) is 22.0. The average molecular weight is 415 g/mol. The van der Waals surface area contributed by atoms with Gasteiger partial charge in [0.05, 0.1) is 18.8 Å². The second kappa shape index (κ2) is 10.4. The summed E-state index contributed by atoms with van der Waals surface area (Å²) in [7, 11) is 1.52. The monoisotopic (exact) mass is 415 g/mol. The molecule has 0 radical (unpaired) electrons. The van der Waals surface area contributed by atoms with E-state index in [1.807, 2.05) is 66.3 Å². The summed E-state index contributed by atoms with van der Waals surface area (Å²) in [5, 5.41) is 14.3. The molecule has 0 aliphatic carbocycles. The number of hydrogen-bond acceptors (Lipinski definition) is 5. The highest BCUT2D eigenvalue weighted by Gasteiger charge is 2.16. The molecule has 0 bridgehead atoms. The van der Waals surface area contributed by atoms with Gasteiger partial charge in [0.2, 0.25) is 0 Å². The van der Waals surface area contributed by atoms with Crippen molar-refractivity contribution in [2.75, 3.05) is 20.3 Å². The molecule has 0 saturated heterocycles. The number of benzene rings is 2. The van der Waals surface area contributed by atoms with Gasteiger partial charge in [-0.3, -0.25) is 4.68 Å². The van der Waals surface area contributed by atoms with Crippen molar-refractivity contribution in [2.24, 2.45) is 0 Å². The Morgan fingerprint density at radius 3 is 2.58 bits per heavy atom. The van der Waals surface area contributed by atoms with Gasteiger partial charge in [0.15, 0.2) is 0 Å². The van der Waals surface area contributed by atoms with Gasteiger partial charge in [0.25, 0.3) is 0 Å². The highest BCUT2D eigenvalue weighted by atomic mass is 16.6. The minimum absolute atomic E-state index is 0.0829. The van der Waals surface area contributed by atoms with Gasteiger partial charge in [0.1, 0.15) is 18.2 Å². The topological polar surface area (TPSA) is 77.1 Å². The number of hydrogen-bond donors (Lipinski definition) is 0. The average Bonchev–Trinajstić information content (AvgIpc) is 3.16. The van der Waals surface area contributed by atoms with Gasteiger partial charge in [-0.1, -0.05) is 42.5 Å². The van der Waals surface area contributed by atoms with E-state index in [1.54, 1.807) is 0 Å². The van der Waals surface area contributed by atoms with Crippen molar-refractivity contribution >= 4 is 12.0 Å². The molecule has 0 saturated carbocycles. The third-order valence-corrected chi connectivity index (χ3v) is 4.92. The van der Waals surface area contributed by atoms with E-state index in [2.05, 4.69) is 13.0 Å². The highest BCUT2D eigenvalue weighted by Crippen LogP contribution is 2.27. The van der Waals surface area contributed by atoms with Crippen LogP contribution in [0.15, 0.2) is 60.3 Å². The molecule has 3 rings (SSSR count). The van der Waals surface area contributed by atoms with Crippen LogP contribution in [-0.2, 0) is 20.8 Å². The molecule has 0 spiro atoms. The van der Waals surface area contributed by atoms with E-state index in [1.165, 1.54) is 18.7 Å². The van der Waals surface area contributed by atoms with Crippen molar-refractivity contribution in [3.05, 3.63) is 82.6 Å². The lowest BCUT2D eigenvalue weighted by Gasteiger charge is -2.05. The number of aromatic nitrogens is 2. The standard InChI is InChI=1S/C25H25N3O3/c1-18-9-10-21(13-19(18)2)24-23(14-22(15-26)25(29)31-12-11-30-3)17-28(27-24)16-20-7-5-4-6-8-20/h4-10,13-14,17H,11-12,16H2,1-3H3/b22-14+. The summed E-state index contributed by atoms with van der Waals surface area (Å²) in [6, 6.07) is 18.0. The molecule has 3 aromatic rings. The minimum atomic E-state index is -0.679. The summed E-state index contributed by atoms with van der Waals surface area (Å²) in [4.78, 5) is 12.3. The summed E-state index contributed by atoms with van der Waals surface area (Å²) in [5.41, 5.74) is 5.66. The Balaban J connectivity index is 2.00. The fourth-order valence-electron chi connectivity index (χ4n) is 3.09. The zero-order valence-electron chi connectivity index (χ0n) is 18.0. The lowest BCUT2D eigenvalue weighted by atomic mass is 10.0. The van der Waals surface area contributed by atoms with E-state index < -0.39 is 5.97 Å². The van der Waals surface area contributed by atoms with E-state index in [0.29, 0.717) is 17.8 Å². The molecule has 0 N–H and O–H groups in total. The number of ether oxygens (including phenoxy) is 2. The predicted octanol–water partition coefficient (Wildman–Crippen LogP) is 4.31. The summed E-state index contributed by atoms with van der Waals surface area (Å²) >= 11 is 0. The summed E-state index contributed by atoms with van der Waals surface area (Å²) in [5.74, 6) is -0.679. The number of esters is 1. The van der Waals surface area contributed by atoms with E-state index in [9.17, 15) is 10.1 Å². The predicted molar refractivity (Wildman–Crippen MR) is 119 cm³/mol. The Labute approximate surface area is 182 Å². The number of rotatable bonds is 8. The summed E-state index contributed by atoms with van der Waals surface area (Å²) in [6.45, 7) is 5.03. The van der Waals surface area contributed by atoms with Crippen molar-refractivity contribution in [1.82, 2.24) is 9.78 Å². The van der Waals surface area contributed by atoms with Crippen LogP contribution in [-0.4, -0.2) is 36.1 Å². The second-order valence-electron chi connectivity index (χ2n) is 7.21. The molecule has 6 nitrogen and oxygen atoms in total. The number of aryl methyl sites for hydroxylation is 2. The Morgan fingerprint density at radius 1 is 1.13 bits per heavy atom. The van der Waals surface area contributed by atoms with Gasteiger partial charge in [-0.15, -0.1) is 0 Å². The summed E-state index contributed by atoms with van der Waals surface area (Å²) in [6.07, 6.45) is 3.38. The van der Waals surface area contributed by atoms with Gasteiger partial charge in [-0.2, -0.15) is 10.4 Å². The van der Waals surface area contributed by atoms with Crippen molar-refractivity contribution < 1.29 is 14.3 Å². The Morgan fingerprint density at radius 2 is 1.90 bits per heavy atom. The van der Waals surface area contributed by atoms with Gasteiger partial charge in [-0.25, -0.2) is 4.79 Å². The van der Waals surface area contributed by atoms with Crippen molar-refractivity contribution in [3.8, 4) is 17.3 Å². The van der Waals surface area contributed by atoms with Crippen LogP contribution in [0.25, 0.3) is 17.3 Å². The first-order valence-corrected chi connectivity index (χ1v) is 9.98. The first-order chi connectivity index (χ1) is 15.0. The van der Waals surface area contributed by atoms with Crippen LogP contribution >= 0.6 is 0 Å². The lowest BCUT2D eigenvalue weighted by molar-refractivity contribution is -0.139. The molecular formula is C25H25N3O3. The van der Waals surface area contributed by atoms with E-state index >= 15 is 0 Å². The number of nitriles is 1. The van der Waals surface area contributed by atoms with E-state index in [4.69, 9.17) is 14.6 Å². The molecule has 0 amide bonds. The number of carbonyl (C=O) groups excluding carboxylic acids is 1. The van der Waals surface area contributed by atoms with Gasteiger partial charge < -0.3 is 9.47 Å². The van der Waals surface area contributed by atoms with Crippen LogP contribution in [0, 0.1) is 25.2 Å². The molecular weight excluding hydrogens is 390 g/mol. The van der Waals surface area contributed by atoms with Crippen molar-refractivity contribution in [3.63, 3.8) is 0 Å². The molecule has 0 unspecified atom stereocenters. The Hall–Kier alpha value is -3.69. The molecule has 2 aromatic carbocycles. The Bertz CT molecular complexity index is 1120. The SMILES string of the molecule is COCCOC(=O)/C(C#N)=C/c1cn(Cc2ccccc2)nc1-c1ccc(C)c(C)c1. The van der Waals surface area contributed by atoms with Gasteiger partial charge >= 0.3 is 5.97 Å². The van der Waals surface area contributed by atoms with Gasteiger partial charge in [0, 0.05) is 24.4 Å². The molecule has 0 atom stereocenters. The van der Waals surface area contributed by atoms with Crippen molar-refractivity contribution in [1.29, 1.82) is 5.26 Å². The molecule has 158 valence electrons. The van der Waals surface area contributed by atoms with Crippen LogP contribution in [0.5, 0.6) is 0 Å². The first-order valence-electron chi connectivity index (χ1n) is 9.98. The lowest BCUT2D eigenvalue weighted by Crippen LogP contribution is -2.11. The van der Waals surface area contributed by atoms with Crippen LogP contribution in [0.2, 0.25) is 0 Å².